The highest BCUT2D eigenvalue weighted by Gasteiger charge is 2.52. The largest absolute Gasteiger partial charge is 0.463 e. The van der Waals surface area contributed by atoms with E-state index >= 15 is 0 Å². The van der Waals surface area contributed by atoms with E-state index in [0.717, 1.165) is 6.04 Å². The van der Waals surface area contributed by atoms with Gasteiger partial charge >= 0.3 is 23.9 Å². The second kappa shape index (κ2) is 11.4. The molecule has 1 rings (SSSR count). The van der Waals surface area contributed by atoms with Crippen LogP contribution in [0.1, 0.15) is 27.7 Å². The Balaban J connectivity index is 3.22. The topological polar surface area (TPSA) is 124 Å². The third kappa shape index (κ3) is 9.22. The lowest BCUT2D eigenvalue weighted by Gasteiger charge is -2.44. The zero-order valence-corrected chi connectivity index (χ0v) is 19.6. The predicted octanol–water partition coefficient (Wildman–Crippen LogP) is 1.42. The summed E-state index contributed by atoms with van der Waals surface area (Å²) >= 11 is 0. The molecule has 0 aromatic carbocycles. The highest BCUT2D eigenvalue weighted by atomic mass is 28.3. The number of hydrogen-bond acceptors (Lipinski definition) is 10. The minimum Gasteiger partial charge on any atom is -0.463 e. The molecule has 5 atom stereocenters. The van der Waals surface area contributed by atoms with Crippen LogP contribution in [-0.2, 0) is 47.6 Å². The first kappa shape index (κ1) is 26.1. The molecule has 1 aliphatic rings. The van der Waals surface area contributed by atoms with E-state index in [1.807, 2.05) is 0 Å². The van der Waals surface area contributed by atoms with Crippen LogP contribution in [0.15, 0.2) is 0 Å². The average Bonchev–Trinajstić information content (AvgIpc) is 2.55. The first-order valence-corrected chi connectivity index (χ1v) is 13.4. The molecule has 0 saturated carbocycles. The van der Waals surface area contributed by atoms with Crippen molar-refractivity contribution in [3.8, 4) is 0 Å². The molecule has 1 heterocycles. The first-order valence-electron chi connectivity index (χ1n) is 9.72. The van der Waals surface area contributed by atoms with Gasteiger partial charge in [0.25, 0.3) is 0 Å². The number of hydrogen-bond donors (Lipinski definition) is 0. The summed E-state index contributed by atoms with van der Waals surface area (Å²) in [6, 6.07) is 0.805. The summed E-state index contributed by atoms with van der Waals surface area (Å²) in [5, 5.41) is 0. The highest BCUT2D eigenvalue weighted by Crippen LogP contribution is 2.30. The Morgan fingerprint density at radius 2 is 1.27 bits per heavy atom. The van der Waals surface area contributed by atoms with Gasteiger partial charge in [-0.25, -0.2) is 0 Å². The molecule has 3 unspecified atom stereocenters. The Morgan fingerprint density at radius 3 is 1.73 bits per heavy atom. The molecule has 0 N–H and O–H groups in total. The van der Waals surface area contributed by atoms with Crippen molar-refractivity contribution in [2.75, 3.05) is 13.2 Å². The fraction of sp³-hybridized carbons (Fsp3) is 0.789. The van der Waals surface area contributed by atoms with Gasteiger partial charge in [-0.05, 0) is 6.04 Å². The Kier molecular flexibility index (Phi) is 9.92. The zero-order valence-electron chi connectivity index (χ0n) is 18.6. The van der Waals surface area contributed by atoms with Crippen LogP contribution in [0.3, 0.4) is 0 Å². The number of rotatable bonds is 9. The van der Waals surface area contributed by atoms with Gasteiger partial charge in [0.05, 0.1) is 0 Å². The Labute approximate surface area is 177 Å². The van der Waals surface area contributed by atoms with Crippen LogP contribution in [-0.4, -0.2) is 75.9 Å². The van der Waals surface area contributed by atoms with Crippen molar-refractivity contribution in [3.05, 3.63) is 0 Å². The zero-order chi connectivity index (χ0) is 23.1. The van der Waals surface area contributed by atoms with Crippen molar-refractivity contribution >= 4 is 32.0 Å². The van der Waals surface area contributed by atoms with Crippen molar-refractivity contribution in [2.45, 2.75) is 84.1 Å². The van der Waals surface area contributed by atoms with Crippen LogP contribution in [0, 0.1) is 0 Å². The van der Waals surface area contributed by atoms with E-state index in [0.29, 0.717) is 6.61 Å². The van der Waals surface area contributed by atoms with Crippen molar-refractivity contribution in [1.29, 1.82) is 0 Å². The molecule has 1 saturated heterocycles. The van der Waals surface area contributed by atoms with E-state index in [1.54, 1.807) is 0 Å². The van der Waals surface area contributed by atoms with Gasteiger partial charge in [-0.3, -0.25) is 19.2 Å². The van der Waals surface area contributed by atoms with E-state index in [-0.39, 0.29) is 6.61 Å². The van der Waals surface area contributed by atoms with E-state index in [4.69, 9.17) is 28.4 Å². The van der Waals surface area contributed by atoms with Crippen LogP contribution >= 0.6 is 0 Å². The third-order valence-electron chi connectivity index (χ3n) is 4.08. The Hall–Kier alpha value is -1.98. The van der Waals surface area contributed by atoms with Gasteiger partial charge in [0.15, 0.2) is 24.6 Å². The van der Waals surface area contributed by atoms with Crippen molar-refractivity contribution < 1.29 is 47.6 Å². The monoisotopic (exact) mass is 448 g/mol. The van der Waals surface area contributed by atoms with Crippen LogP contribution in [0.25, 0.3) is 0 Å². The average molecular weight is 449 g/mol. The molecule has 172 valence electrons. The van der Waals surface area contributed by atoms with Gasteiger partial charge in [0.1, 0.15) is 12.7 Å². The molecule has 1 aliphatic heterocycles. The maximum absolute atomic E-state index is 11.7. The van der Waals surface area contributed by atoms with Gasteiger partial charge in [0, 0.05) is 42.4 Å². The summed E-state index contributed by atoms with van der Waals surface area (Å²) in [5.41, 5.74) is 0. The smallest absolute Gasteiger partial charge is 0.303 e. The lowest BCUT2D eigenvalue weighted by Crippen LogP contribution is -2.63. The number of carbonyl (C=O) groups is 4. The molecule has 30 heavy (non-hydrogen) atoms. The number of carbonyl (C=O) groups excluding carboxylic acids is 4. The minimum absolute atomic E-state index is 0.272. The fourth-order valence-electron chi connectivity index (χ4n) is 2.80. The molecule has 0 spiro atoms. The molecule has 0 radical (unpaired) electrons. The number of esters is 4. The van der Waals surface area contributed by atoms with E-state index < -0.39 is 62.7 Å². The SMILES string of the molecule is CC(=O)OCC1O[C@@H](OCC[Si](C)(C)C)C(OC(C)=O)C(OC(C)=O)[C@H]1OC(C)=O. The van der Waals surface area contributed by atoms with Crippen LogP contribution in [0.2, 0.25) is 25.7 Å². The molecule has 10 nitrogen and oxygen atoms in total. The molecule has 0 amide bonds. The highest BCUT2D eigenvalue weighted by molar-refractivity contribution is 6.76. The number of ether oxygens (including phenoxy) is 6. The van der Waals surface area contributed by atoms with Crippen LogP contribution < -0.4 is 0 Å². The standard InChI is InChI=1S/C19H32O10Si/c1-11(20)25-10-15-16(26-12(2)21)17(27-13(3)22)18(28-14(4)23)19(29-15)24-8-9-30(5,6)7/h15-19H,8-10H2,1-7H3/t15?,16-,17?,18?,19+/m0/s1. The Bertz CT molecular complexity index is 629. The quantitative estimate of drug-likeness (QED) is 0.290. The summed E-state index contributed by atoms with van der Waals surface area (Å²) in [5.74, 6) is -2.57. The lowest BCUT2D eigenvalue weighted by atomic mass is 9.98. The first-order chi connectivity index (χ1) is 13.8. The van der Waals surface area contributed by atoms with Gasteiger partial charge in [0.2, 0.25) is 0 Å². The normalized spacial score (nSPS) is 26.4. The molecule has 0 aromatic rings. The predicted molar refractivity (Wildman–Crippen MR) is 106 cm³/mol. The molecule has 1 fully saturated rings. The lowest BCUT2D eigenvalue weighted by molar-refractivity contribution is -0.307. The summed E-state index contributed by atoms with van der Waals surface area (Å²) in [4.78, 5) is 46.4. The second-order valence-corrected chi connectivity index (χ2v) is 13.9. The maximum atomic E-state index is 11.7. The summed E-state index contributed by atoms with van der Waals surface area (Å²) in [6.45, 7) is 11.3. The van der Waals surface area contributed by atoms with E-state index in [1.165, 1.54) is 27.7 Å². The Morgan fingerprint density at radius 1 is 0.767 bits per heavy atom. The molecule has 0 bridgehead atoms. The van der Waals surface area contributed by atoms with E-state index in [9.17, 15) is 19.2 Å². The van der Waals surface area contributed by atoms with E-state index in [2.05, 4.69) is 19.6 Å². The van der Waals surface area contributed by atoms with Crippen molar-refractivity contribution in [3.63, 3.8) is 0 Å². The minimum atomic E-state index is -1.43. The maximum Gasteiger partial charge on any atom is 0.303 e. The third-order valence-corrected chi connectivity index (χ3v) is 5.79. The second-order valence-electron chi connectivity index (χ2n) is 8.25. The van der Waals surface area contributed by atoms with Crippen LogP contribution in [0.4, 0.5) is 0 Å². The van der Waals surface area contributed by atoms with Gasteiger partial charge in [-0.1, -0.05) is 19.6 Å². The molecule has 11 heteroatoms. The summed E-state index contributed by atoms with van der Waals surface area (Å²) in [6.07, 6.45) is -5.66. The van der Waals surface area contributed by atoms with Gasteiger partial charge in [-0.15, -0.1) is 0 Å². The summed E-state index contributed by atoms with van der Waals surface area (Å²) in [7, 11) is -1.43. The molecule has 0 aromatic heterocycles. The van der Waals surface area contributed by atoms with Crippen molar-refractivity contribution in [1.82, 2.24) is 0 Å². The summed E-state index contributed by atoms with van der Waals surface area (Å²) < 4.78 is 32.7. The van der Waals surface area contributed by atoms with Crippen molar-refractivity contribution in [2.24, 2.45) is 0 Å². The molecular formula is C19H32O10Si. The van der Waals surface area contributed by atoms with Gasteiger partial charge in [-0.2, -0.15) is 0 Å². The molecule has 0 aliphatic carbocycles. The van der Waals surface area contributed by atoms with Crippen LogP contribution in [0.5, 0.6) is 0 Å². The molecular weight excluding hydrogens is 416 g/mol. The van der Waals surface area contributed by atoms with Gasteiger partial charge < -0.3 is 28.4 Å². The fourth-order valence-corrected chi connectivity index (χ4v) is 3.53.